The number of hydrogen-bond acceptors (Lipinski definition) is 7. The van der Waals surface area contributed by atoms with Gasteiger partial charge in [-0.1, -0.05) is 0 Å². The molecule has 0 radical (unpaired) electrons. The summed E-state index contributed by atoms with van der Waals surface area (Å²) in [6, 6.07) is 8.87. The van der Waals surface area contributed by atoms with Crippen LogP contribution in [0.15, 0.2) is 24.3 Å². The van der Waals surface area contributed by atoms with E-state index >= 15 is 0 Å². The van der Waals surface area contributed by atoms with Gasteiger partial charge in [-0.15, -0.1) is 0 Å². The fourth-order valence-corrected chi connectivity index (χ4v) is 3.64. The van der Waals surface area contributed by atoms with Crippen molar-refractivity contribution in [1.82, 2.24) is 4.90 Å². The molecule has 0 bridgehead atoms. The summed E-state index contributed by atoms with van der Waals surface area (Å²) in [4.78, 5) is 27.5. The van der Waals surface area contributed by atoms with Crippen molar-refractivity contribution in [3.8, 4) is 6.07 Å². The Bertz CT molecular complexity index is 750. The number of hydrogen-bond donors (Lipinski definition) is 1. The molecule has 0 aromatic heterocycles. The first-order valence-corrected chi connectivity index (χ1v) is 9.51. The van der Waals surface area contributed by atoms with Gasteiger partial charge in [0.2, 0.25) is 0 Å². The topological polar surface area (TPSA) is 103 Å². The first-order chi connectivity index (χ1) is 13.4. The molecule has 8 heteroatoms. The zero-order chi connectivity index (χ0) is 20.1. The van der Waals surface area contributed by atoms with Crippen molar-refractivity contribution in [1.29, 1.82) is 5.26 Å². The van der Waals surface area contributed by atoms with Crippen molar-refractivity contribution in [2.45, 2.75) is 37.9 Å². The van der Waals surface area contributed by atoms with Crippen LogP contribution in [0, 0.1) is 11.3 Å². The lowest BCUT2D eigenvalue weighted by atomic mass is 9.88. The summed E-state index contributed by atoms with van der Waals surface area (Å²) in [5, 5.41) is 19.5. The van der Waals surface area contributed by atoms with Crippen LogP contribution in [-0.2, 0) is 14.3 Å². The number of piperidine rings is 1. The fourth-order valence-electron chi connectivity index (χ4n) is 3.64. The highest BCUT2D eigenvalue weighted by molar-refractivity contribution is 5.89. The molecule has 0 aliphatic carbocycles. The third-order valence-corrected chi connectivity index (χ3v) is 5.21. The van der Waals surface area contributed by atoms with Crippen molar-refractivity contribution in [3.63, 3.8) is 0 Å². The molecule has 2 aliphatic heterocycles. The van der Waals surface area contributed by atoms with E-state index in [1.807, 2.05) is 0 Å². The normalized spacial score (nSPS) is 21.8. The van der Waals surface area contributed by atoms with Crippen molar-refractivity contribution in [3.05, 3.63) is 29.8 Å². The molecule has 1 unspecified atom stereocenters. The number of cyclic esters (lactones) is 1. The number of benzene rings is 1. The van der Waals surface area contributed by atoms with Gasteiger partial charge in [-0.05, 0) is 44.0 Å². The number of nitriles is 1. The number of anilines is 1. The van der Waals surface area contributed by atoms with E-state index in [-0.39, 0.29) is 18.5 Å². The molecule has 2 aliphatic rings. The van der Waals surface area contributed by atoms with Gasteiger partial charge in [0.25, 0.3) is 0 Å². The Hall–Kier alpha value is -2.63. The van der Waals surface area contributed by atoms with Crippen molar-refractivity contribution in [2.75, 3.05) is 37.7 Å². The molecule has 8 nitrogen and oxygen atoms in total. The molecule has 1 atom stereocenters. The number of aliphatic hydroxyl groups is 1. The molecule has 1 N–H and O–H groups in total. The SMILES string of the molecule is CCOC(=O)CC1(O)CCN(CC2CN(c3ccc(C#N)cc3)C(=O)O2)CC1. The number of rotatable bonds is 6. The third kappa shape index (κ3) is 4.80. The Labute approximate surface area is 164 Å². The molecule has 1 amide bonds. The van der Waals surface area contributed by atoms with Gasteiger partial charge in [-0.2, -0.15) is 5.26 Å². The Kier molecular flexibility index (Phi) is 6.17. The molecule has 0 saturated carbocycles. The average Bonchev–Trinajstić information content (AvgIpc) is 3.04. The van der Waals surface area contributed by atoms with E-state index in [1.165, 1.54) is 0 Å². The monoisotopic (exact) mass is 387 g/mol. The maximum atomic E-state index is 12.2. The molecule has 28 heavy (non-hydrogen) atoms. The minimum absolute atomic E-state index is 0.0135. The van der Waals surface area contributed by atoms with Gasteiger partial charge in [0.05, 0.1) is 36.8 Å². The molecule has 150 valence electrons. The first kappa shape index (κ1) is 20.1. The minimum atomic E-state index is -1.02. The molecule has 2 fully saturated rings. The molecule has 1 aromatic rings. The Morgan fingerprint density at radius 3 is 2.64 bits per heavy atom. The second kappa shape index (κ2) is 8.59. The highest BCUT2D eigenvalue weighted by Gasteiger charge is 2.38. The molecule has 1 aromatic carbocycles. The van der Waals surface area contributed by atoms with E-state index in [2.05, 4.69) is 11.0 Å². The largest absolute Gasteiger partial charge is 0.466 e. The van der Waals surface area contributed by atoms with Crippen molar-refractivity contribution in [2.24, 2.45) is 0 Å². The lowest BCUT2D eigenvalue weighted by Crippen LogP contribution is -2.48. The minimum Gasteiger partial charge on any atom is -0.466 e. The van der Waals surface area contributed by atoms with Crippen LogP contribution >= 0.6 is 0 Å². The zero-order valence-corrected chi connectivity index (χ0v) is 16.0. The molecule has 0 spiro atoms. The van der Waals surface area contributed by atoms with E-state index in [4.69, 9.17) is 14.7 Å². The van der Waals surface area contributed by atoms with Crippen LogP contribution in [0.4, 0.5) is 10.5 Å². The highest BCUT2D eigenvalue weighted by Crippen LogP contribution is 2.28. The van der Waals surface area contributed by atoms with E-state index < -0.39 is 11.7 Å². The van der Waals surface area contributed by atoms with E-state index in [0.29, 0.717) is 56.9 Å². The van der Waals surface area contributed by atoms with Gasteiger partial charge in [-0.25, -0.2) is 4.79 Å². The highest BCUT2D eigenvalue weighted by atomic mass is 16.6. The van der Waals surface area contributed by atoms with E-state index in [9.17, 15) is 14.7 Å². The van der Waals surface area contributed by atoms with E-state index in [0.717, 1.165) is 0 Å². The maximum Gasteiger partial charge on any atom is 0.414 e. The van der Waals surface area contributed by atoms with Gasteiger partial charge >= 0.3 is 12.1 Å². The Morgan fingerprint density at radius 1 is 1.36 bits per heavy atom. The number of carbonyl (C=O) groups is 2. The van der Waals surface area contributed by atoms with Crippen LogP contribution in [0.5, 0.6) is 0 Å². The summed E-state index contributed by atoms with van der Waals surface area (Å²) in [6.45, 7) is 4.32. The smallest absolute Gasteiger partial charge is 0.414 e. The number of esters is 1. The summed E-state index contributed by atoms with van der Waals surface area (Å²) in [5.41, 5.74) is 0.217. The number of ether oxygens (including phenoxy) is 2. The van der Waals surface area contributed by atoms with Crippen molar-refractivity contribution >= 4 is 17.7 Å². The maximum absolute atomic E-state index is 12.2. The summed E-state index contributed by atoms with van der Waals surface area (Å²) < 4.78 is 10.4. The Morgan fingerprint density at radius 2 is 2.04 bits per heavy atom. The van der Waals surface area contributed by atoms with Gasteiger partial charge < -0.3 is 14.6 Å². The van der Waals surface area contributed by atoms with Gasteiger partial charge in [0, 0.05) is 25.3 Å². The third-order valence-electron chi connectivity index (χ3n) is 5.21. The average molecular weight is 387 g/mol. The number of amides is 1. The molecule has 3 rings (SSSR count). The van der Waals surface area contributed by atoms with Crippen LogP contribution in [0.3, 0.4) is 0 Å². The van der Waals surface area contributed by atoms with Crippen LogP contribution in [-0.4, -0.2) is 66.6 Å². The number of carbonyl (C=O) groups excluding carboxylic acids is 2. The van der Waals surface area contributed by atoms with Gasteiger partial charge in [0.15, 0.2) is 0 Å². The summed E-state index contributed by atoms with van der Waals surface area (Å²) in [5.74, 6) is -0.374. The lowest BCUT2D eigenvalue weighted by Gasteiger charge is -2.38. The summed E-state index contributed by atoms with van der Waals surface area (Å²) >= 11 is 0. The van der Waals surface area contributed by atoms with E-state index in [1.54, 1.807) is 36.1 Å². The van der Waals surface area contributed by atoms with Gasteiger partial charge in [-0.3, -0.25) is 14.6 Å². The standard InChI is InChI=1S/C20H25N3O5/c1-2-27-18(24)11-20(26)7-9-22(10-8-20)13-17-14-23(19(25)28-17)16-5-3-15(12-21)4-6-16/h3-6,17,26H,2,7-11,13-14H2,1H3. The summed E-state index contributed by atoms with van der Waals surface area (Å²) in [6.07, 6.45) is 0.307. The Balaban J connectivity index is 1.50. The lowest BCUT2D eigenvalue weighted by molar-refractivity contribution is -0.150. The summed E-state index contributed by atoms with van der Waals surface area (Å²) in [7, 11) is 0. The molecular weight excluding hydrogens is 362 g/mol. The van der Waals surface area contributed by atoms with Crippen molar-refractivity contribution < 1.29 is 24.2 Å². The fraction of sp³-hybridized carbons (Fsp3) is 0.550. The molecular formula is C20H25N3O5. The predicted molar refractivity (Wildman–Crippen MR) is 101 cm³/mol. The molecule has 2 heterocycles. The number of likely N-dealkylation sites (tertiary alicyclic amines) is 1. The van der Waals surface area contributed by atoms with Crippen LogP contribution in [0.1, 0.15) is 31.7 Å². The second-order valence-electron chi connectivity index (χ2n) is 7.28. The predicted octanol–water partition coefficient (Wildman–Crippen LogP) is 1.66. The zero-order valence-electron chi connectivity index (χ0n) is 16.0. The van der Waals surface area contributed by atoms with Crippen LogP contribution < -0.4 is 4.90 Å². The second-order valence-corrected chi connectivity index (χ2v) is 7.28. The van der Waals surface area contributed by atoms with Crippen LogP contribution in [0.2, 0.25) is 0 Å². The van der Waals surface area contributed by atoms with Crippen LogP contribution in [0.25, 0.3) is 0 Å². The number of nitrogens with zero attached hydrogens (tertiary/aromatic N) is 3. The van der Waals surface area contributed by atoms with Gasteiger partial charge in [0.1, 0.15) is 6.10 Å². The molecule has 2 saturated heterocycles. The quantitative estimate of drug-likeness (QED) is 0.741. The first-order valence-electron chi connectivity index (χ1n) is 9.51.